The average molecular weight is 279 g/mol. The summed E-state index contributed by atoms with van der Waals surface area (Å²) in [4.78, 5) is 0. The van der Waals surface area contributed by atoms with Crippen LogP contribution in [0.3, 0.4) is 0 Å². The van der Waals surface area contributed by atoms with E-state index in [2.05, 4.69) is 42.9 Å². The van der Waals surface area contributed by atoms with E-state index in [9.17, 15) is 0 Å². The van der Waals surface area contributed by atoms with Crippen molar-refractivity contribution >= 4 is 11.3 Å². The lowest BCUT2D eigenvalue weighted by Gasteiger charge is -2.37. The molecule has 1 aliphatic rings. The highest BCUT2D eigenvalue weighted by Gasteiger charge is 2.29. The number of thiophene rings is 1. The predicted octanol–water partition coefficient (Wildman–Crippen LogP) is 4.73. The summed E-state index contributed by atoms with van der Waals surface area (Å²) in [7, 11) is 0. The Labute approximate surface area is 122 Å². The van der Waals surface area contributed by atoms with Gasteiger partial charge in [0.1, 0.15) is 0 Å². The standard InChI is InChI=1S/C17H29NS/c1-4-6-18-17(11-15-5-7-19-12-15)16-9-13(2)8-14(3)10-16/h5,7,12-14,16-18H,4,6,8-11H2,1-3H3. The van der Waals surface area contributed by atoms with Crippen molar-refractivity contribution in [2.45, 2.75) is 58.9 Å². The van der Waals surface area contributed by atoms with Crippen LogP contribution >= 0.6 is 11.3 Å². The van der Waals surface area contributed by atoms with Crippen LogP contribution in [0.4, 0.5) is 0 Å². The molecule has 1 aromatic heterocycles. The summed E-state index contributed by atoms with van der Waals surface area (Å²) in [6.07, 6.45) is 6.70. The highest BCUT2D eigenvalue weighted by Crippen LogP contribution is 2.35. The maximum atomic E-state index is 3.82. The smallest absolute Gasteiger partial charge is 0.0136 e. The van der Waals surface area contributed by atoms with Gasteiger partial charge in [0.2, 0.25) is 0 Å². The molecular formula is C17H29NS. The van der Waals surface area contributed by atoms with Gasteiger partial charge in [0.25, 0.3) is 0 Å². The number of hydrogen-bond acceptors (Lipinski definition) is 2. The van der Waals surface area contributed by atoms with Gasteiger partial charge in [-0.05, 0) is 78.8 Å². The summed E-state index contributed by atoms with van der Waals surface area (Å²) < 4.78 is 0. The maximum absolute atomic E-state index is 3.82. The van der Waals surface area contributed by atoms with Crippen LogP contribution in [0.5, 0.6) is 0 Å². The average Bonchev–Trinajstić information content (AvgIpc) is 2.86. The topological polar surface area (TPSA) is 12.0 Å². The van der Waals surface area contributed by atoms with Crippen molar-refractivity contribution in [3.05, 3.63) is 22.4 Å². The molecule has 3 unspecified atom stereocenters. The molecule has 19 heavy (non-hydrogen) atoms. The van der Waals surface area contributed by atoms with Crippen molar-refractivity contribution in [1.29, 1.82) is 0 Å². The van der Waals surface area contributed by atoms with Crippen LogP contribution in [0, 0.1) is 17.8 Å². The SMILES string of the molecule is CCCNC(Cc1ccsc1)C1CC(C)CC(C)C1. The first kappa shape index (κ1) is 15.1. The Morgan fingerprint density at radius 3 is 2.58 bits per heavy atom. The summed E-state index contributed by atoms with van der Waals surface area (Å²) in [5.41, 5.74) is 1.52. The van der Waals surface area contributed by atoms with Crippen molar-refractivity contribution in [3.8, 4) is 0 Å². The van der Waals surface area contributed by atoms with Crippen LogP contribution in [-0.4, -0.2) is 12.6 Å². The van der Waals surface area contributed by atoms with E-state index < -0.39 is 0 Å². The fourth-order valence-electron chi connectivity index (χ4n) is 3.74. The molecule has 1 nitrogen and oxygen atoms in total. The van der Waals surface area contributed by atoms with Crippen LogP contribution in [0.15, 0.2) is 16.8 Å². The lowest BCUT2D eigenvalue weighted by atomic mass is 9.73. The fraction of sp³-hybridized carbons (Fsp3) is 0.765. The summed E-state index contributed by atoms with van der Waals surface area (Å²) in [6.45, 7) is 8.29. The lowest BCUT2D eigenvalue weighted by Crippen LogP contribution is -2.41. The van der Waals surface area contributed by atoms with Crippen molar-refractivity contribution in [2.75, 3.05) is 6.54 Å². The predicted molar refractivity (Wildman–Crippen MR) is 85.8 cm³/mol. The van der Waals surface area contributed by atoms with E-state index in [0.717, 1.165) is 24.3 Å². The molecule has 1 aromatic rings. The van der Waals surface area contributed by atoms with Crippen molar-refractivity contribution in [1.82, 2.24) is 5.32 Å². The van der Waals surface area contributed by atoms with Gasteiger partial charge < -0.3 is 5.32 Å². The normalized spacial score (nSPS) is 29.3. The molecule has 0 bridgehead atoms. The molecule has 2 rings (SSSR count). The zero-order valence-electron chi connectivity index (χ0n) is 12.7. The minimum absolute atomic E-state index is 0.680. The molecule has 1 N–H and O–H groups in total. The van der Waals surface area contributed by atoms with Gasteiger partial charge in [-0.25, -0.2) is 0 Å². The Balaban J connectivity index is 1.99. The molecule has 1 heterocycles. The van der Waals surface area contributed by atoms with Gasteiger partial charge in [-0.1, -0.05) is 20.8 Å². The van der Waals surface area contributed by atoms with Crippen LogP contribution in [0.25, 0.3) is 0 Å². The van der Waals surface area contributed by atoms with Gasteiger partial charge in [-0.2, -0.15) is 11.3 Å². The highest BCUT2D eigenvalue weighted by molar-refractivity contribution is 7.07. The third-order valence-corrected chi connectivity index (χ3v) is 5.21. The van der Waals surface area contributed by atoms with E-state index in [-0.39, 0.29) is 0 Å². The van der Waals surface area contributed by atoms with Gasteiger partial charge in [0, 0.05) is 6.04 Å². The second-order valence-electron chi connectivity index (χ2n) is 6.57. The molecule has 0 radical (unpaired) electrons. The Morgan fingerprint density at radius 1 is 1.26 bits per heavy atom. The van der Waals surface area contributed by atoms with Gasteiger partial charge in [-0.3, -0.25) is 0 Å². The Bertz CT molecular complexity index is 336. The van der Waals surface area contributed by atoms with E-state index in [1.54, 1.807) is 0 Å². The Kier molecular flexibility index (Phi) is 5.90. The van der Waals surface area contributed by atoms with E-state index in [0.29, 0.717) is 6.04 Å². The molecule has 3 atom stereocenters. The van der Waals surface area contributed by atoms with Gasteiger partial charge in [-0.15, -0.1) is 0 Å². The first-order chi connectivity index (χ1) is 9.19. The molecular weight excluding hydrogens is 250 g/mol. The maximum Gasteiger partial charge on any atom is 0.0136 e. The van der Waals surface area contributed by atoms with Gasteiger partial charge >= 0.3 is 0 Å². The summed E-state index contributed by atoms with van der Waals surface area (Å²) >= 11 is 1.83. The molecule has 108 valence electrons. The Morgan fingerprint density at radius 2 is 2.00 bits per heavy atom. The van der Waals surface area contributed by atoms with Crippen molar-refractivity contribution in [3.63, 3.8) is 0 Å². The molecule has 0 amide bonds. The zero-order chi connectivity index (χ0) is 13.7. The van der Waals surface area contributed by atoms with Crippen molar-refractivity contribution < 1.29 is 0 Å². The van der Waals surface area contributed by atoms with E-state index in [1.165, 1.54) is 37.7 Å². The van der Waals surface area contributed by atoms with E-state index in [1.807, 2.05) is 11.3 Å². The minimum atomic E-state index is 0.680. The van der Waals surface area contributed by atoms with Gasteiger partial charge in [0.15, 0.2) is 0 Å². The van der Waals surface area contributed by atoms with Crippen LogP contribution in [0.1, 0.15) is 52.0 Å². The quantitative estimate of drug-likeness (QED) is 0.793. The summed E-state index contributed by atoms with van der Waals surface area (Å²) in [5, 5.41) is 8.35. The van der Waals surface area contributed by atoms with Gasteiger partial charge in [0.05, 0.1) is 0 Å². The third kappa shape index (κ3) is 4.61. The van der Waals surface area contributed by atoms with E-state index >= 15 is 0 Å². The zero-order valence-corrected chi connectivity index (χ0v) is 13.5. The second kappa shape index (κ2) is 7.44. The summed E-state index contributed by atoms with van der Waals surface area (Å²) in [6, 6.07) is 2.97. The monoisotopic (exact) mass is 279 g/mol. The van der Waals surface area contributed by atoms with Crippen LogP contribution < -0.4 is 5.32 Å². The molecule has 1 fully saturated rings. The van der Waals surface area contributed by atoms with Crippen LogP contribution in [-0.2, 0) is 6.42 Å². The number of hydrogen-bond donors (Lipinski definition) is 1. The van der Waals surface area contributed by atoms with E-state index in [4.69, 9.17) is 0 Å². The molecule has 2 heteroatoms. The first-order valence-corrected chi connectivity index (χ1v) is 8.87. The Hall–Kier alpha value is -0.340. The number of rotatable bonds is 6. The molecule has 1 aliphatic carbocycles. The molecule has 0 aromatic carbocycles. The fourth-order valence-corrected chi connectivity index (χ4v) is 4.42. The molecule has 1 saturated carbocycles. The largest absolute Gasteiger partial charge is 0.313 e. The third-order valence-electron chi connectivity index (χ3n) is 4.48. The second-order valence-corrected chi connectivity index (χ2v) is 7.35. The molecule has 0 saturated heterocycles. The first-order valence-electron chi connectivity index (χ1n) is 7.93. The summed E-state index contributed by atoms with van der Waals surface area (Å²) in [5.74, 6) is 2.68. The molecule has 0 spiro atoms. The number of nitrogens with one attached hydrogen (secondary N) is 1. The lowest BCUT2D eigenvalue weighted by molar-refractivity contribution is 0.175. The highest BCUT2D eigenvalue weighted by atomic mass is 32.1. The minimum Gasteiger partial charge on any atom is -0.313 e. The van der Waals surface area contributed by atoms with Crippen LogP contribution in [0.2, 0.25) is 0 Å². The molecule has 0 aliphatic heterocycles. The van der Waals surface area contributed by atoms with Crippen molar-refractivity contribution in [2.24, 2.45) is 17.8 Å².